The fourth-order valence-electron chi connectivity index (χ4n) is 1.45. The van der Waals surface area contributed by atoms with Crippen molar-refractivity contribution in [1.82, 2.24) is 0 Å². The van der Waals surface area contributed by atoms with E-state index in [2.05, 4.69) is 0 Å². The van der Waals surface area contributed by atoms with Crippen molar-refractivity contribution in [2.24, 2.45) is 0 Å². The van der Waals surface area contributed by atoms with Crippen LogP contribution in [0.2, 0.25) is 0 Å². The van der Waals surface area contributed by atoms with Gasteiger partial charge in [-0.1, -0.05) is 32.0 Å². The first-order chi connectivity index (χ1) is 8.61. The van der Waals surface area contributed by atoms with Gasteiger partial charge in [0.05, 0.1) is 5.56 Å². The van der Waals surface area contributed by atoms with Crippen molar-refractivity contribution in [3.8, 4) is 0 Å². The summed E-state index contributed by atoms with van der Waals surface area (Å²) in [7, 11) is 2.75. The molecule has 102 valence electrons. The van der Waals surface area contributed by atoms with Crippen molar-refractivity contribution in [3.05, 3.63) is 35.4 Å². The van der Waals surface area contributed by atoms with Crippen LogP contribution in [0.25, 0.3) is 0 Å². The number of hydrogen-bond donors (Lipinski definition) is 2. The molecule has 5 heteroatoms. The number of aliphatic hydroxyl groups excluding tert-OH is 1. The van der Waals surface area contributed by atoms with E-state index in [4.69, 9.17) is 14.6 Å². The van der Waals surface area contributed by atoms with Crippen molar-refractivity contribution in [2.75, 3.05) is 14.2 Å². The van der Waals surface area contributed by atoms with Gasteiger partial charge in [0.2, 0.25) is 0 Å². The molecule has 1 unspecified atom stereocenters. The van der Waals surface area contributed by atoms with Crippen LogP contribution in [0.1, 0.15) is 35.9 Å². The van der Waals surface area contributed by atoms with E-state index in [1.807, 2.05) is 13.8 Å². The molecule has 0 saturated heterocycles. The average molecular weight is 256 g/mol. The Morgan fingerprint density at radius 3 is 2.11 bits per heavy atom. The fraction of sp³-hybridized carbons (Fsp3) is 0.462. The fourth-order valence-corrected chi connectivity index (χ4v) is 1.45. The molecule has 0 spiro atoms. The Morgan fingerprint density at radius 2 is 1.67 bits per heavy atom. The van der Waals surface area contributed by atoms with Gasteiger partial charge in [0.25, 0.3) is 0 Å². The largest absolute Gasteiger partial charge is 0.478 e. The molecule has 1 aromatic carbocycles. The molecule has 0 aromatic heterocycles. The Labute approximate surface area is 107 Å². The molecule has 1 rings (SSSR count). The van der Waals surface area contributed by atoms with Gasteiger partial charge in [0.1, 0.15) is 6.10 Å². The maximum absolute atomic E-state index is 10.9. The molecule has 0 amide bonds. The Kier molecular flexibility index (Phi) is 7.94. The van der Waals surface area contributed by atoms with Crippen molar-refractivity contribution < 1.29 is 24.5 Å². The van der Waals surface area contributed by atoms with E-state index in [0.29, 0.717) is 0 Å². The summed E-state index contributed by atoms with van der Waals surface area (Å²) in [5.74, 6) is -1.10. The molecule has 0 heterocycles. The molecule has 0 aliphatic heterocycles. The number of carboxylic acid groups (broad SMARTS) is 1. The zero-order chi connectivity index (χ0) is 14.1. The van der Waals surface area contributed by atoms with Crippen LogP contribution in [-0.2, 0) is 9.47 Å². The summed E-state index contributed by atoms with van der Waals surface area (Å²) in [5.41, 5.74) is 0.304. The number of aliphatic hydroxyl groups is 1. The van der Waals surface area contributed by atoms with Crippen molar-refractivity contribution in [3.63, 3.8) is 0 Å². The highest BCUT2D eigenvalue weighted by Gasteiger charge is 2.24. The quantitative estimate of drug-likeness (QED) is 0.789. The lowest BCUT2D eigenvalue weighted by Crippen LogP contribution is -2.24. The van der Waals surface area contributed by atoms with E-state index in [0.717, 1.165) is 0 Å². The summed E-state index contributed by atoms with van der Waals surface area (Å²) >= 11 is 0. The van der Waals surface area contributed by atoms with Crippen LogP contribution < -0.4 is 0 Å². The predicted molar refractivity (Wildman–Crippen MR) is 67.5 cm³/mol. The molecule has 1 aromatic rings. The maximum Gasteiger partial charge on any atom is 0.336 e. The van der Waals surface area contributed by atoms with Gasteiger partial charge in [-0.25, -0.2) is 4.79 Å². The van der Waals surface area contributed by atoms with Crippen LogP contribution in [0.15, 0.2) is 24.3 Å². The standard InChI is InChI=1S/C11H14O5.C2H6/c1-15-11(16-2)9(12)7-5-3-4-6-8(7)10(13)14;1-2/h3-6,9,11-12H,1-2H3,(H,13,14);1-2H3. The van der Waals surface area contributed by atoms with Gasteiger partial charge in [-0.2, -0.15) is 0 Å². The number of ether oxygens (including phenoxy) is 2. The summed E-state index contributed by atoms with van der Waals surface area (Å²) in [6.45, 7) is 4.00. The molecule has 0 saturated carbocycles. The molecule has 0 radical (unpaired) electrons. The SMILES string of the molecule is CC.COC(OC)C(O)c1ccccc1C(=O)O. The highest BCUT2D eigenvalue weighted by Crippen LogP contribution is 2.23. The number of rotatable bonds is 5. The van der Waals surface area contributed by atoms with Crippen molar-refractivity contribution >= 4 is 5.97 Å². The molecule has 1 atom stereocenters. The lowest BCUT2D eigenvalue weighted by molar-refractivity contribution is -0.166. The minimum Gasteiger partial charge on any atom is -0.478 e. The van der Waals surface area contributed by atoms with Crippen molar-refractivity contribution in [1.29, 1.82) is 0 Å². The number of benzene rings is 1. The molecular weight excluding hydrogens is 236 g/mol. The van der Waals surface area contributed by atoms with Gasteiger partial charge in [-0.3, -0.25) is 0 Å². The maximum atomic E-state index is 10.9. The summed E-state index contributed by atoms with van der Waals surface area (Å²) in [6, 6.07) is 6.18. The summed E-state index contributed by atoms with van der Waals surface area (Å²) in [6.07, 6.45) is -2.03. The van der Waals surface area contributed by atoms with Crippen molar-refractivity contribution in [2.45, 2.75) is 26.2 Å². The van der Waals surface area contributed by atoms with E-state index >= 15 is 0 Å². The first-order valence-electron chi connectivity index (χ1n) is 5.67. The normalized spacial score (nSPS) is 11.7. The Hall–Kier alpha value is -1.43. The second-order valence-electron chi connectivity index (χ2n) is 3.18. The van der Waals surface area contributed by atoms with Crippen LogP contribution >= 0.6 is 0 Å². The molecule has 2 N–H and O–H groups in total. The smallest absolute Gasteiger partial charge is 0.336 e. The van der Waals surface area contributed by atoms with Crippen LogP contribution in [-0.4, -0.2) is 36.7 Å². The molecule has 0 bridgehead atoms. The Morgan fingerprint density at radius 1 is 1.17 bits per heavy atom. The zero-order valence-electron chi connectivity index (χ0n) is 11.1. The van der Waals surface area contributed by atoms with Gasteiger partial charge in [-0.15, -0.1) is 0 Å². The van der Waals surface area contributed by atoms with E-state index < -0.39 is 18.4 Å². The van der Waals surface area contributed by atoms with Crippen LogP contribution in [0.3, 0.4) is 0 Å². The van der Waals surface area contributed by atoms with Gasteiger partial charge in [0, 0.05) is 19.8 Å². The predicted octanol–water partition coefficient (Wildman–Crippen LogP) is 2.06. The van der Waals surface area contributed by atoms with Crippen LogP contribution in [0.4, 0.5) is 0 Å². The van der Waals surface area contributed by atoms with Crippen LogP contribution in [0.5, 0.6) is 0 Å². The topological polar surface area (TPSA) is 76.0 Å². The molecule has 0 aliphatic rings. The third-order valence-electron chi connectivity index (χ3n) is 2.23. The lowest BCUT2D eigenvalue weighted by Gasteiger charge is -2.21. The monoisotopic (exact) mass is 256 g/mol. The number of carboxylic acids is 1. The second kappa shape index (κ2) is 8.63. The molecule has 0 aliphatic carbocycles. The highest BCUT2D eigenvalue weighted by molar-refractivity contribution is 5.89. The second-order valence-corrected chi connectivity index (χ2v) is 3.18. The number of methoxy groups -OCH3 is 2. The lowest BCUT2D eigenvalue weighted by atomic mass is 10.0. The van der Waals surface area contributed by atoms with E-state index in [9.17, 15) is 9.90 Å². The Bertz CT molecular complexity index is 360. The van der Waals surface area contributed by atoms with E-state index in [1.165, 1.54) is 26.4 Å². The van der Waals surface area contributed by atoms with E-state index in [1.54, 1.807) is 12.1 Å². The molecule has 18 heavy (non-hydrogen) atoms. The number of carbonyl (C=O) groups is 1. The third-order valence-corrected chi connectivity index (χ3v) is 2.23. The Balaban J connectivity index is 0.00000137. The summed E-state index contributed by atoms with van der Waals surface area (Å²) in [5, 5.41) is 18.8. The average Bonchev–Trinajstić information content (AvgIpc) is 2.42. The molecule has 0 fully saturated rings. The van der Waals surface area contributed by atoms with Gasteiger partial charge >= 0.3 is 5.97 Å². The highest BCUT2D eigenvalue weighted by atomic mass is 16.7. The summed E-state index contributed by atoms with van der Waals surface area (Å²) < 4.78 is 9.77. The number of hydrogen-bond acceptors (Lipinski definition) is 4. The summed E-state index contributed by atoms with van der Waals surface area (Å²) in [4.78, 5) is 10.9. The third kappa shape index (κ3) is 4.10. The minimum atomic E-state index is -1.14. The molecular formula is C13H20O5. The van der Waals surface area contributed by atoms with E-state index in [-0.39, 0.29) is 11.1 Å². The zero-order valence-corrected chi connectivity index (χ0v) is 11.1. The first-order valence-corrected chi connectivity index (χ1v) is 5.67. The van der Waals surface area contributed by atoms with Crippen LogP contribution in [0, 0.1) is 0 Å². The number of aromatic carboxylic acids is 1. The first kappa shape index (κ1) is 16.6. The van der Waals surface area contributed by atoms with Gasteiger partial charge in [0.15, 0.2) is 6.29 Å². The van der Waals surface area contributed by atoms with Gasteiger partial charge in [-0.05, 0) is 6.07 Å². The van der Waals surface area contributed by atoms with Gasteiger partial charge < -0.3 is 19.7 Å². The minimum absolute atomic E-state index is 0.0362. The molecule has 5 nitrogen and oxygen atoms in total.